The summed E-state index contributed by atoms with van der Waals surface area (Å²) in [6.45, 7) is 5.11. The molecule has 0 saturated heterocycles. The van der Waals surface area contributed by atoms with Gasteiger partial charge < -0.3 is 5.32 Å². The first-order valence-corrected chi connectivity index (χ1v) is 6.70. The van der Waals surface area contributed by atoms with E-state index in [-0.39, 0.29) is 0 Å². The molecular weight excluding hydrogens is 250 g/mol. The highest BCUT2D eigenvalue weighted by atomic mass is 35.5. The molecule has 0 atom stereocenters. The van der Waals surface area contributed by atoms with Crippen molar-refractivity contribution >= 4 is 46.5 Å². The molecule has 2 heterocycles. The molecular formula is C9H12ClN3S2. The normalized spacial score (nSPS) is 17.5. The Balaban J connectivity index is 2.08. The smallest absolute Gasteiger partial charge is 0.206 e. The average Bonchev–Trinajstić information content (AvgIpc) is 2.53. The van der Waals surface area contributed by atoms with Crippen molar-refractivity contribution in [1.82, 2.24) is 4.72 Å². The number of nitrogens with one attached hydrogen (secondary N) is 2. The van der Waals surface area contributed by atoms with E-state index < -0.39 is 0 Å². The van der Waals surface area contributed by atoms with Crippen molar-refractivity contribution in [3.05, 3.63) is 10.4 Å². The first-order chi connectivity index (χ1) is 7.15. The van der Waals surface area contributed by atoms with Crippen LogP contribution in [-0.2, 0) is 0 Å². The third-order valence-electron chi connectivity index (χ3n) is 1.78. The van der Waals surface area contributed by atoms with E-state index in [9.17, 15) is 0 Å². The van der Waals surface area contributed by atoms with Gasteiger partial charge in [-0.05, 0) is 12.0 Å². The molecule has 15 heavy (non-hydrogen) atoms. The van der Waals surface area contributed by atoms with Gasteiger partial charge >= 0.3 is 0 Å². The number of fused-ring (bicyclic) bond motifs is 1. The summed E-state index contributed by atoms with van der Waals surface area (Å²) in [6.07, 6.45) is 0. The second kappa shape index (κ2) is 4.63. The summed E-state index contributed by atoms with van der Waals surface area (Å²) < 4.78 is 5.11. The van der Waals surface area contributed by atoms with Gasteiger partial charge in [0.15, 0.2) is 0 Å². The molecule has 1 aromatic rings. The molecule has 82 valence electrons. The van der Waals surface area contributed by atoms with E-state index >= 15 is 0 Å². The lowest BCUT2D eigenvalue weighted by atomic mass is 10.2. The molecule has 0 aliphatic carbocycles. The van der Waals surface area contributed by atoms with Gasteiger partial charge in [-0.15, -0.1) is 11.3 Å². The average molecular weight is 262 g/mol. The first-order valence-electron chi connectivity index (χ1n) is 4.69. The molecule has 1 aliphatic heterocycles. The molecule has 0 aromatic carbocycles. The van der Waals surface area contributed by atoms with Crippen LogP contribution in [0.15, 0.2) is 15.3 Å². The van der Waals surface area contributed by atoms with Gasteiger partial charge in [-0.3, -0.25) is 9.71 Å². The zero-order valence-corrected chi connectivity index (χ0v) is 10.9. The summed E-state index contributed by atoms with van der Waals surface area (Å²) in [4.78, 5) is 4.43. The summed E-state index contributed by atoms with van der Waals surface area (Å²) in [5.74, 6) is 1.38. The molecule has 0 radical (unpaired) electrons. The lowest BCUT2D eigenvalue weighted by Gasteiger charge is -2.17. The second-order valence-corrected chi connectivity index (χ2v) is 6.42. The van der Waals surface area contributed by atoms with Gasteiger partial charge in [-0.25, -0.2) is 0 Å². The maximum absolute atomic E-state index is 5.92. The number of aliphatic imine (C=N–C) groups is 1. The van der Waals surface area contributed by atoms with Crippen LogP contribution in [0.2, 0.25) is 4.34 Å². The Morgan fingerprint density at radius 2 is 2.33 bits per heavy atom. The highest BCUT2D eigenvalue weighted by molar-refractivity contribution is 8.00. The lowest BCUT2D eigenvalue weighted by Crippen LogP contribution is -2.29. The fourth-order valence-corrected chi connectivity index (χ4v) is 3.24. The van der Waals surface area contributed by atoms with Crippen LogP contribution in [0.1, 0.15) is 13.8 Å². The van der Waals surface area contributed by atoms with Crippen LogP contribution in [0.5, 0.6) is 0 Å². The van der Waals surface area contributed by atoms with Gasteiger partial charge in [0, 0.05) is 18.5 Å². The number of guanidine groups is 1. The highest BCUT2D eigenvalue weighted by Gasteiger charge is 2.16. The van der Waals surface area contributed by atoms with E-state index in [1.54, 1.807) is 23.3 Å². The van der Waals surface area contributed by atoms with Crippen LogP contribution >= 0.6 is 34.9 Å². The molecule has 2 N–H and O–H groups in total. The van der Waals surface area contributed by atoms with Crippen molar-refractivity contribution in [1.29, 1.82) is 0 Å². The monoisotopic (exact) mass is 261 g/mol. The van der Waals surface area contributed by atoms with Crippen LogP contribution < -0.4 is 10.0 Å². The zero-order valence-electron chi connectivity index (χ0n) is 8.50. The van der Waals surface area contributed by atoms with Crippen molar-refractivity contribution in [2.24, 2.45) is 10.9 Å². The third kappa shape index (κ3) is 2.80. The summed E-state index contributed by atoms with van der Waals surface area (Å²) in [5.41, 5.74) is 1.05. The van der Waals surface area contributed by atoms with Crippen molar-refractivity contribution in [3.8, 4) is 0 Å². The van der Waals surface area contributed by atoms with Crippen LogP contribution in [0, 0.1) is 5.92 Å². The molecule has 2 rings (SSSR count). The summed E-state index contributed by atoms with van der Waals surface area (Å²) in [5, 5.41) is 3.22. The molecule has 0 saturated carbocycles. The third-order valence-corrected chi connectivity index (χ3v) is 4.04. The van der Waals surface area contributed by atoms with Gasteiger partial charge in [-0.1, -0.05) is 25.4 Å². The van der Waals surface area contributed by atoms with E-state index in [2.05, 4.69) is 28.9 Å². The zero-order chi connectivity index (χ0) is 10.8. The fourth-order valence-electron chi connectivity index (χ4n) is 1.10. The number of rotatable bonds is 2. The molecule has 0 amide bonds. The van der Waals surface area contributed by atoms with E-state index in [0.29, 0.717) is 5.92 Å². The van der Waals surface area contributed by atoms with Gasteiger partial charge in [0.05, 0.1) is 10.0 Å². The molecule has 1 aromatic heterocycles. The molecule has 0 fully saturated rings. The number of hydrogen-bond donors (Lipinski definition) is 2. The number of thiophene rings is 1. The Kier molecular flexibility index (Phi) is 3.43. The highest BCUT2D eigenvalue weighted by Crippen LogP contribution is 2.39. The molecule has 6 heteroatoms. The maximum atomic E-state index is 5.92. The predicted molar refractivity (Wildman–Crippen MR) is 69.1 cm³/mol. The standard InChI is InChI=1S/C9H12ClN3S2/c1-5(2)4-11-9-12-6-3-7(10)14-8(6)15-13-9/h3,5H,4H2,1-2H3,(H2,11,12,13). The maximum Gasteiger partial charge on any atom is 0.206 e. The Hall–Kier alpha value is -0.390. The Morgan fingerprint density at radius 3 is 3.07 bits per heavy atom. The topological polar surface area (TPSA) is 36.4 Å². The fraction of sp³-hybridized carbons (Fsp3) is 0.444. The first kappa shape index (κ1) is 11.1. The van der Waals surface area contributed by atoms with Crippen molar-refractivity contribution in [2.45, 2.75) is 18.1 Å². The minimum absolute atomic E-state index is 0.568. The second-order valence-electron chi connectivity index (χ2n) is 3.66. The summed E-state index contributed by atoms with van der Waals surface area (Å²) >= 11 is 9.05. The van der Waals surface area contributed by atoms with Crippen molar-refractivity contribution in [2.75, 3.05) is 11.9 Å². The van der Waals surface area contributed by atoms with Crippen molar-refractivity contribution in [3.63, 3.8) is 0 Å². The minimum Gasteiger partial charge on any atom is -0.324 e. The SMILES string of the molecule is CC(C)CN=C1NSc2sc(Cl)cc2N1. The lowest BCUT2D eigenvalue weighted by molar-refractivity contribution is 0.664. The van der Waals surface area contributed by atoms with Gasteiger partial charge in [0.1, 0.15) is 4.21 Å². The molecule has 0 bridgehead atoms. The van der Waals surface area contributed by atoms with Gasteiger partial charge in [0.2, 0.25) is 5.96 Å². The Bertz CT molecular complexity index is 387. The Morgan fingerprint density at radius 1 is 1.53 bits per heavy atom. The molecule has 0 unspecified atom stereocenters. The van der Waals surface area contributed by atoms with Crippen LogP contribution in [0.25, 0.3) is 0 Å². The van der Waals surface area contributed by atoms with Crippen LogP contribution in [0.4, 0.5) is 5.69 Å². The van der Waals surface area contributed by atoms with E-state index in [4.69, 9.17) is 11.6 Å². The van der Waals surface area contributed by atoms with Crippen molar-refractivity contribution < 1.29 is 0 Å². The van der Waals surface area contributed by atoms with Crippen LogP contribution in [0.3, 0.4) is 0 Å². The largest absolute Gasteiger partial charge is 0.324 e. The number of halogens is 1. The molecule has 0 spiro atoms. The van der Waals surface area contributed by atoms with E-state index in [1.807, 2.05) is 6.07 Å². The molecule has 3 nitrogen and oxygen atoms in total. The quantitative estimate of drug-likeness (QED) is 0.801. The summed E-state index contributed by atoms with van der Waals surface area (Å²) in [7, 11) is 0. The predicted octanol–water partition coefficient (Wildman–Crippen LogP) is 3.44. The number of nitrogens with zero attached hydrogens (tertiary/aromatic N) is 1. The molecule has 1 aliphatic rings. The van der Waals surface area contributed by atoms with Gasteiger partial charge in [-0.2, -0.15) is 0 Å². The van der Waals surface area contributed by atoms with Gasteiger partial charge in [0.25, 0.3) is 0 Å². The Labute approximate surface area is 102 Å². The minimum atomic E-state index is 0.568. The number of hydrogen-bond acceptors (Lipinski definition) is 3. The van der Waals surface area contributed by atoms with E-state index in [1.165, 1.54) is 0 Å². The summed E-state index contributed by atoms with van der Waals surface area (Å²) in [6, 6.07) is 1.93. The number of anilines is 1. The van der Waals surface area contributed by atoms with E-state index in [0.717, 1.165) is 26.7 Å². The van der Waals surface area contributed by atoms with Crippen LogP contribution in [-0.4, -0.2) is 12.5 Å².